The quantitative estimate of drug-likeness (QED) is 0.569. The minimum absolute atomic E-state index is 0.228. The summed E-state index contributed by atoms with van der Waals surface area (Å²) in [6.07, 6.45) is 2.82. The van der Waals surface area contributed by atoms with E-state index in [9.17, 15) is 0 Å². The van der Waals surface area contributed by atoms with Crippen molar-refractivity contribution in [3.05, 3.63) is 45.9 Å². The molecule has 0 spiro atoms. The highest BCUT2D eigenvalue weighted by Crippen LogP contribution is 2.23. The van der Waals surface area contributed by atoms with Crippen LogP contribution in [-0.4, -0.2) is 29.6 Å². The molecule has 0 bridgehead atoms. The monoisotopic (exact) mass is 374 g/mol. The van der Waals surface area contributed by atoms with Crippen LogP contribution in [0.4, 0.5) is 0 Å². The summed E-state index contributed by atoms with van der Waals surface area (Å²) in [4.78, 5) is 10.4. The molecule has 26 heavy (non-hydrogen) atoms. The molecule has 6 heteroatoms. The Balaban J connectivity index is 1.97. The molecule has 1 heterocycles. The molecule has 2 N–H and O–H groups in total. The predicted octanol–water partition coefficient (Wildman–Crippen LogP) is 3.93. The van der Waals surface area contributed by atoms with Crippen molar-refractivity contribution >= 4 is 17.3 Å². The highest BCUT2D eigenvalue weighted by Gasteiger charge is 2.14. The number of benzene rings is 1. The van der Waals surface area contributed by atoms with Gasteiger partial charge in [-0.3, -0.25) is 0 Å². The maximum Gasteiger partial charge on any atom is 0.191 e. The number of hydrogen-bond acceptors (Lipinski definition) is 4. The zero-order valence-electron chi connectivity index (χ0n) is 16.4. The second-order valence-corrected chi connectivity index (χ2v) is 8.38. The molecule has 2 rings (SSSR count). The van der Waals surface area contributed by atoms with E-state index in [2.05, 4.69) is 56.3 Å². The molecule has 0 unspecified atom stereocenters. The molecule has 0 saturated heterocycles. The van der Waals surface area contributed by atoms with E-state index in [-0.39, 0.29) is 5.60 Å². The van der Waals surface area contributed by atoms with Gasteiger partial charge in [0.05, 0.1) is 11.6 Å². The van der Waals surface area contributed by atoms with Crippen LogP contribution >= 0.6 is 11.3 Å². The van der Waals surface area contributed by atoms with Gasteiger partial charge in [0.2, 0.25) is 0 Å². The number of aryl methyl sites for hydroxylation is 1. The van der Waals surface area contributed by atoms with Gasteiger partial charge in [0.1, 0.15) is 11.4 Å². The number of nitrogens with one attached hydrogen (secondary N) is 2. The summed E-state index contributed by atoms with van der Waals surface area (Å²) in [5.41, 5.74) is 0.851. The third kappa shape index (κ3) is 7.04. The Morgan fingerprint density at radius 2 is 2.00 bits per heavy atom. The first-order valence-corrected chi connectivity index (χ1v) is 9.89. The lowest BCUT2D eigenvalue weighted by Gasteiger charge is -2.23. The molecule has 2 aromatic rings. The van der Waals surface area contributed by atoms with Crippen LogP contribution in [0.3, 0.4) is 0 Å². The largest absolute Gasteiger partial charge is 0.488 e. The second kappa shape index (κ2) is 9.57. The fourth-order valence-corrected chi connectivity index (χ4v) is 3.16. The van der Waals surface area contributed by atoms with Crippen molar-refractivity contribution in [2.75, 3.05) is 13.1 Å². The smallest absolute Gasteiger partial charge is 0.191 e. The van der Waals surface area contributed by atoms with Gasteiger partial charge in [0.25, 0.3) is 0 Å². The molecule has 142 valence electrons. The lowest BCUT2D eigenvalue weighted by molar-refractivity contribution is 0.129. The van der Waals surface area contributed by atoms with E-state index >= 15 is 0 Å². The minimum atomic E-state index is -0.228. The van der Waals surface area contributed by atoms with Crippen molar-refractivity contribution in [2.24, 2.45) is 4.99 Å². The molecule has 0 saturated carbocycles. The molecule has 1 aromatic carbocycles. The Bertz CT molecular complexity index is 719. The third-order valence-electron chi connectivity index (χ3n) is 3.44. The van der Waals surface area contributed by atoms with Crippen molar-refractivity contribution in [3.8, 4) is 5.75 Å². The van der Waals surface area contributed by atoms with E-state index in [1.165, 1.54) is 4.88 Å². The molecule has 0 fully saturated rings. The SMILES string of the molecule is CCNC(=NCc1ccccc1OC(C)(C)C)NCCc1ncc(C)s1. The van der Waals surface area contributed by atoms with Crippen LogP contribution in [0.5, 0.6) is 5.75 Å². The highest BCUT2D eigenvalue weighted by atomic mass is 32.1. The second-order valence-electron chi connectivity index (χ2n) is 7.06. The molecule has 0 radical (unpaired) electrons. The molecule has 0 aliphatic rings. The average Bonchev–Trinajstić information content (AvgIpc) is 2.98. The number of aromatic nitrogens is 1. The number of hydrogen-bond donors (Lipinski definition) is 2. The van der Waals surface area contributed by atoms with E-state index in [4.69, 9.17) is 9.73 Å². The normalized spacial score (nSPS) is 12.1. The van der Waals surface area contributed by atoms with Crippen LogP contribution in [0.1, 0.15) is 43.1 Å². The summed E-state index contributed by atoms with van der Waals surface area (Å²) in [6.45, 7) is 12.5. The molecule has 0 aliphatic heterocycles. The van der Waals surface area contributed by atoms with Gasteiger partial charge in [-0.1, -0.05) is 18.2 Å². The summed E-state index contributed by atoms with van der Waals surface area (Å²) in [7, 11) is 0. The first kappa shape index (κ1) is 20.2. The maximum atomic E-state index is 6.05. The van der Waals surface area contributed by atoms with Gasteiger partial charge >= 0.3 is 0 Å². The fraction of sp³-hybridized carbons (Fsp3) is 0.500. The van der Waals surface area contributed by atoms with Crippen molar-refractivity contribution in [2.45, 2.75) is 53.2 Å². The van der Waals surface area contributed by atoms with Crippen molar-refractivity contribution in [1.29, 1.82) is 0 Å². The number of thiazole rings is 1. The summed E-state index contributed by atoms with van der Waals surface area (Å²) >= 11 is 1.74. The Hall–Kier alpha value is -2.08. The topological polar surface area (TPSA) is 58.5 Å². The van der Waals surface area contributed by atoms with Gasteiger partial charge in [-0.25, -0.2) is 9.98 Å². The summed E-state index contributed by atoms with van der Waals surface area (Å²) in [5, 5.41) is 7.82. The zero-order chi connectivity index (χ0) is 19.0. The van der Waals surface area contributed by atoms with Crippen molar-refractivity contribution in [1.82, 2.24) is 15.6 Å². The van der Waals surface area contributed by atoms with Crippen molar-refractivity contribution < 1.29 is 4.74 Å². The van der Waals surface area contributed by atoms with Crippen LogP contribution in [0, 0.1) is 6.92 Å². The Labute approximate surface area is 160 Å². The number of para-hydroxylation sites is 1. The third-order valence-corrected chi connectivity index (χ3v) is 4.41. The molecule has 1 aromatic heterocycles. The Kier molecular flexibility index (Phi) is 7.45. The van der Waals surface area contributed by atoms with Gasteiger partial charge in [-0.05, 0) is 40.7 Å². The molecule has 5 nitrogen and oxygen atoms in total. The summed E-state index contributed by atoms with van der Waals surface area (Å²) in [6, 6.07) is 8.08. The van der Waals surface area contributed by atoms with Crippen LogP contribution in [0.25, 0.3) is 0 Å². The average molecular weight is 375 g/mol. The molecular weight excluding hydrogens is 344 g/mol. The van der Waals surface area contributed by atoms with E-state index < -0.39 is 0 Å². The lowest BCUT2D eigenvalue weighted by Crippen LogP contribution is -2.38. The fourth-order valence-electron chi connectivity index (χ4n) is 2.37. The Morgan fingerprint density at radius 1 is 1.23 bits per heavy atom. The number of aliphatic imine (C=N–C) groups is 1. The number of ether oxygens (including phenoxy) is 1. The zero-order valence-corrected chi connectivity index (χ0v) is 17.2. The summed E-state index contributed by atoms with van der Waals surface area (Å²) < 4.78 is 6.05. The summed E-state index contributed by atoms with van der Waals surface area (Å²) in [5.74, 6) is 1.70. The van der Waals surface area contributed by atoms with Crippen molar-refractivity contribution in [3.63, 3.8) is 0 Å². The Morgan fingerprint density at radius 3 is 2.65 bits per heavy atom. The first-order valence-electron chi connectivity index (χ1n) is 9.08. The minimum Gasteiger partial charge on any atom is -0.488 e. The standard InChI is InChI=1S/C20H30N4OS/c1-6-21-19(22-12-11-18-23-13-15(2)26-18)24-14-16-9-7-8-10-17(16)25-20(3,4)5/h7-10,13H,6,11-12,14H2,1-5H3,(H2,21,22,24). The number of rotatable bonds is 7. The molecule has 0 aliphatic carbocycles. The molecule has 0 atom stereocenters. The number of nitrogens with zero attached hydrogens (tertiary/aromatic N) is 2. The van der Waals surface area contributed by atoms with Gasteiger partial charge in [-0.15, -0.1) is 11.3 Å². The number of guanidine groups is 1. The molecule has 0 amide bonds. The maximum absolute atomic E-state index is 6.05. The van der Waals surface area contributed by atoms with Gasteiger partial charge in [0, 0.05) is 36.1 Å². The van der Waals surface area contributed by atoms with Gasteiger partial charge in [0.15, 0.2) is 5.96 Å². The van der Waals surface area contributed by atoms with E-state index in [0.29, 0.717) is 6.54 Å². The van der Waals surface area contributed by atoms with Crippen LogP contribution in [-0.2, 0) is 13.0 Å². The molecular formula is C20H30N4OS. The van der Waals surface area contributed by atoms with E-state index in [0.717, 1.165) is 41.8 Å². The lowest BCUT2D eigenvalue weighted by atomic mass is 10.1. The predicted molar refractivity (Wildman–Crippen MR) is 110 cm³/mol. The van der Waals surface area contributed by atoms with Crippen LogP contribution < -0.4 is 15.4 Å². The van der Waals surface area contributed by atoms with Gasteiger partial charge in [-0.2, -0.15) is 0 Å². The van der Waals surface area contributed by atoms with Crippen LogP contribution in [0.2, 0.25) is 0 Å². The first-order chi connectivity index (χ1) is 12.4. The van der Waals surface area contributed by atoms with Crippen LogP contribution in [0.15, 0.2) is 35.5 Å². The van der Waals surface area contributed by atoms with E-state index in [1.807, 2.05) is 24.4 Å². The van der Waals surface area contributed by atoms with Gasteiger partial charge < -0.3 is 15.4 Å². The highest BCUT2D eigenvalue weighted by molar-refractivity contribution is 7.11. The van der Waals surface area contributed by atoms with E-state index in [1.54, 1.807) is 11.3 Å².